The van der Waals surface area contributed by atoms with E-state index in [0.717, 1.165) is 33.3 Å². The molecule has 0 radical (unpaired) electrons. The first-order valence-corrected chi connectivity index (χ1v) is 28.9. The van der Waals surface area contributed by atoms with Gasteiger partial charge in [-0.25, -0.2) is 0 Å². The second-order valence-corrected chi connectivity index (χ2v) is 26.9. The summed E-state index contributed by atoms with van der Waals surface area (Å²) < 4.78 is 14.3. The van der Waals surface area contributed by atoms with E-state index in [4.69, 9.17) is 8.83 Å². The van der Waals surface area contributed by atoms with Crippen molar-refractivity contribution in [1.29, 1.82) is 0 Å². The van der Waals surface area contributed by atoms with E-state index in [9.17, 15) is 0 Å². The predicted molar refractivity (Wildman–Crippen MR) is 301 cm³/mol. The third-order valence-electron chi connectivity index (χ3n) is 15.6. The smallest absolute Gasteiger partial charge is 0.144 e. The highest BCUT2D eigenvalue weighted by molar-refractivity contribution is 8.33. The van der Waals surface area contributed by atoms with Crippen molar-refractivity contribution in [2.45, 2.75) is 19.6 Å². The molecular formula is C66H46O2S2. The van der Waals surface area contributed by atoms with E-state index >= 15 is 0 Å². The van der Waals surface area contributed by atoms with Gasteiger partial charge in [0.05, 0.1) is 0 Å². The lowest BCUT2D eigenvalue weighted by Crippen LogP contribution is -1.95. The Balaban J connectivity index is 0.979. The maximum atomic E-state index is 7.19. The fraction of sp³-hybridized carbons (Fsp3) is 0.0606. The summed E-state index contributed by atoms with van der Waals surface area (Å²) in [5, 5.41) is 9.68. The summed E-state index contributed by atoms with van der Waals surface area (Å²) in [6.45, 7) is 0. The van der Waals surface area contributed by atoms with E-state index in [1.54, 1.807) is 0 Å². The van der Waals surface area contributed by atoms with Gasteiger partial charge in [0, 0.05) is 63.4 Å². The first kappa shape index (κ1) is 40.2. The molecule has 0 saturated carbocycles. The number of para-hydroxylation sites is 2. The van der Waals surface area contributed by atoms with Crippen molar-refractivity contribution in [3.63, 3.8) is 0 Å². The average Bonchev–Trinajstić information content (AvgIpc) is 4.10. The van der Waals surface area contributed by atoms with Gasteiger partial charge in [-0.3, -0.25) is 0 Å². The van der Waals surface area contributed by atoms with Crippen molar-refractivity contribution in [2.75, 3.05) is 25.0 Å². The Morgan fingerprint density at radius 1 is 0.271 bits per heavy atom. The number of furan rings is 2. The van der Waals surface area contributed by atoms with Gasteiger partial charge in [0.2, 0.25) is 0 Å². The molecule has 0 fully saturated rings. The van der Waals surface area contributed by atoms with Crippen molar-refractivity contribution in [3.05, 3.63) is 206 Å². The van der Waals surface area contributed by atoms with Crippen LogP contribution < -0.4 is 0 Å². The van der Waals surface area contributed by atoms with Crippen LogP contribution in [0, 0.1) is 0 Å². The monoisotopic (exact) mass is 934 g/mol. The standard InChI is InChI=1S/C66H46O2S2/c1-69(2)57-38-54-58(37-53(57)62-59(69)36-52(65-64(62)50-28-16-18-30-56(50)67-65)48-34-32-42(40-21-9-6-10-22-40)44-24-12-14-26-46(44)48)70(3,4)60-35-51(61-49-27-15-17-29-55(49)68-66(61)63(54)60)47-33-31-41(39-19-7-5-8-20-39)43-23-11-13-25-45(43)47/h5-38H,1-4H3. The van der Waals surface area contributed by atoms with E-state index in [1.165, 1.54) is 118 Å². The molecule has 2 aromatic heterocycles. The summed E-state index contributed by atoms with van der Waals surface area (Å²) in [5.74, 6) is 0. The molecule has 0 atom stereocenters. The summed E-state index contributed by atoms with van der Waals surface area (Å²) in [6, 6.07) is 76.2. The van der Waals surface area contributed by atoms with E-state index in [-0.39, 0.29) is 0 Å². The van der Waals surface area contributed by atoms with Crippen molar-refractivity contribution >= 4 is 85.5 Å². The number of hydrogen-bond acceptors (Lipinski definition) is 2. The Morgan fingerprint density at radius 3 is 1.19 bits per heavy atom. The third kappa shape index (κ3) is 5.38. The average molecular weight is 935 g/mol. The van der Waals surface area contributed by atoms with Crippen molar-refractivity contribution in [2.24, 2.45) is 0 Å². The van der Waals surface area contributed by atoms with E-state index < -0.39 is 20.1 Å². The Bertz CT molecular complexity index is 4400. The molecule has 4 heterocycles. The Kier molecular flexibility index (Phi) is 8.26. The molecule has 2 aliphatic rings. The molecule has 11 aromatic carbocycles. The van der Waals surface area contributed by atoms with Crippen LogP contribution in [0.15, 0.2) is 235 Å². The van der Waals surface area contributed by atoms with Gasteiger partial charge in [-0.15, -0.1) is 0 Å². The normalized spacial score (nSPS) is 15.1. The molecule has 0 spiro atoms. The first-order valence-electron chi connectivity index (χ1n) is 24.0. The number of hydrogen-bond donors (Lipinski definition) is 0. The maximum Gasteiger partial charge on any atom is 0.144 e. The van der Waals surface area contributed by atoms with Gasteiger partial charge < -0.3 is 8.83 Å². The zero-order chi connectivity index (χ0) is 46.6. The molecule has 0 aliphatic carbocycles. The van der Waals surface area contributed by atoms with Crippen LogP contribution in [0.25, 0.3) is 132 Å². The number of rotatable bonds is 4. The SMILES string of the molecule is CS1(C)c2cc3c(cc2-c2c1cc(-c1ccc(-c4ccccc4)c4ccccc14)c1c2oc2ccccc21)S(C)(C)c1cc(-c2ccc(-c4ccccc4)c4ccccc24)c2oc4ccccc4c2c1-3. The lowest BCUT2D eigenvalue weighted by atomic mass is 9.88. The summed E-state index contributed by atoms with van der Waals surface area (Å²) in [4.78, 5) is 5.64. The highest BCUT2D eigenvalue weighted by Gasteiger charge is 2.42. The summed E-state index contributed by atoms with van der Waals surface area (Å²) >= 11 is 0. The fourth-order valence-electron chi connectivity index (χ4n) is 12.3. The van der Waals surface area contributed by atoms with Gasteiger partial charge in [0.1, 0.15) is 22.3 Å². The van der Waals surface area contributed by atoms with Crippen LogP contribution in [0.1, 0.15) is 0 Å². The maximum absolute atomic E-state index is 7.19. The molecule has 2 aliphatic heterocycles. The van der Waals surface area contributed by atoms with Crippen LogP contribution in [0.2, 0.25) is 0 Å². The molecule has 4 heteroatoms. The van der Waals surface area contributed by atoms with Crippen molar-refractivity contribution in [1.82, 2.24) is 0 Å². The van der Waals surface area contributed by atoms with Crippen molar-refractivity contribution < 1.29 is 8.83 Å². The van der Waals surface area contributed by atoms with Crippen LogP contribution >= 0.6 is 20.1 Å². The molecule has 15 rings (SSSR count). The minimum atomic E-state index is -1.55. The molecule has 70 heavy (non-hydrogen) atoms. The molecular weight excluding hydrogens is 889 g/mol. The van der Waals surface area contributed by atoms with Gasteiger partial charge in [-0.05, 0) is 127 Å². The third-order valence-corrected chi connectivity index (χ3v) is 21.4. The summed E-state index contributed by atoms with van der Waals surface area (Å²) in [5.41, 5.74) is 18.8. The highest BCUT2D eigenvalue weighted by Crippen LogP contribution is 2.75. The zero-order valence-electron chi connectivity index (χ0n) is 39.3. The van der Waals surface area contributed by atoms with E-state index in [1.807, 2.05) is 0 Å². The number of fused-ring (bicyclic) bond motifs is 16. The van der Waals surface area contributed by atoms with E-state index in [0.29, 0.717) is 0 Å². The van der Waals surface area contributed by atoms with Crippen LogP contribution in [0.5, 0.6) is 0 Å². The van der Waals surface area contributed by atoms with Gasteiger partial charge in [0.25, 0.3) is 0 Å². The lowest BCUT2D eigenvalue weighted by molar-refractivity contribution is 0.669. The Morgan fingerprint density at radius 2 is 0.643 bits per heavy atom. The topological polar surface area (TPSA) is 26.3 Å². The quantitative estimate of drug-likeness (QED) is 0.176. The van der Waals surface area contributed by atoms with Gasteiger partial charge in [0.15, 0.2) is 0 Å². The molecule has 0 amide bonds. The Labute approximate surface area is 409 Å². The zero-order valence-corrected chi connectivity index (χ0v) is 40.9. The molecule has 0 unspecified atom stereocenters. The van der Waals surface area contributed by atoms with Crippen molar-refractivity contribution in [3.8, 4) is 66.8 Å². The fourth-order valence-corrected chi connectivity index (χ4v) is 17.3. The molecule has 13 aromatic rings. The van der Waals surface area contributed by atoms with Gasteiger partial charge >= 0.3 is 0 Å². The lowest BCUT2D eigenvalue weighted by Gasteiger charge is -2.31. The van der Waals surface area contributed by atoms with Crippen LogP contribution in [-0.2, 0) is 0 Å². The highest BCUT2D eigenvalue weighted by atomic mass is 32.3. The van der Waals surface area contributed by atoms with Crippen LogP contribution in [0.3, 0.4) is 0 Å². The Hall–Kier alpha value is -7.76. The van der Waals surface area contributed by atoms with E-state index in [2.05, 4.69) is 231 Å². The molecule has 0 bridgehead atoms. The van der Waals surface area contributed by atoms with Gasteiger partial charge in [-0.2, -0.15) is 20.1 Å². The second-order valence-electron chi connectivity index (χ2n) is 19.8. The molecule has 2 nitrogen and oxygen atoms in total. The van der Waals surface area contributed by atoms with Crippen LogP contribution in [-0.4, -0.2) is 25.0 Å². The summed E-state index contributed by atoms with van der Waals surface area (Å²) in [7, 11) is -3.09. The largest absolute Gasteiger partial charge is 0.455 e. The second kappa shape index (κ2) is 14.4. The molecule has 0 saturated heterocycles. The van der Waals surface area contributed by atoms with Gasteiger partial charge in [-0.1, -0.05) is 170 Å². The first-order chi connectivity index (χ1) is 34.3. The minimum Gasteiger partial charge on any atom is -0.455 e. The number of benzene rings is 11. The van der Waals surface area contributed by atoms with Crippen LogP contribution in [0.4, 0.5) is 0 Å². The summed E-state index contributed by atoms with van der Waals surface area (Å²) in [6.07, 6.45) is 10.0. The molecule has 0 N–H and O–H groups in total. The predicted octanol–water partition coefficient (Wildman–Crippen LogP) is 19.4. The molecule has 334 valence electrons. The minimum absolute atomic E-state index is 0.919.